The molecule has 0 saturated carbocycles. The van der Waals surface area contributed by atoms with Gasteiger partial charge in [0.15, 0.2) is 0 Å². The quantitative estimate of drug-likeness (QED) is 0.683. The molecule has 1 aliphatic heterocycles. The number of rotatable bonds is 5. The zero-order valence-electron chi connectivity index (χ0n) is 16.3. The fourth-order valence-electron chi connectivity index (χ4n) is 3.51. The van der Waals surface area contributed by atoms with Gasteiger partial charge in [0.25, 0.3) is 5.91 Å². The first-order valence-corrected chi connectivity index (χ1v) is 9.94. The molecule has 0 atom stereocenters. The minimum atomic E-state index is -0.277. The highest BCUT2D eigenvalue weighted by atomic mass is 16.1. The molecule has 5 heteroatoms. The minimum Gasteiger partial charge on any atom is -0.372 e. The summed E-state index contributed by atoms with van der Waals surface area (Å²) in [5.74, 6) is -0.277. The van der Waals surface area contributed by atoms with Crippen LogP contribution in [0, 0.1) is 0 Å². The van der Waals surface area contributed by atoms with Gasteiger partial charge in [-0.15, -0.1) is 0 Å². The van der Waals surface area contributed by atoms with E-state index >= 15 is 0 Å². The van der Waals surface area contributed by atoms with Crippen LogP contribution in [-0.2, 0) is 0 Å². The highest BCUT2D eigenvalue weighted by Gasteiger charge is 2.14. The van der Waals surface area contributed by atoms with Crippen LogP contribution < -0.4 is 5.32 Å². The SMILES string of the molecule is C=C(c1ccc(-c2cncc(C(=O)Nc3ccccc3)n2)cc1)N1CCCCC1. The number of benzene rings is 2. The molecule has 1 N–H and O–H groups in total. The summed E-state index contributed by atoms with van der Waals surface area (Å²) in [6, 6.07) is 17.5. The number of likely N-dealkylation sites (tertiary alicyclic amines) is 1. The second kappa shape index (κ2) is 8.69. The van der Waals surface area contributed by atoms with E-state index in [2.05, 4.69) is 38.9 Å². The van der Waals surface area contributed by atoms with Gasteiger partial charge in [0.05, 0.1) is 18.1 Å². The van der Waals surface area contributed by atoms with E-state index in [-0.39, 0.29) is 11.6 Å². The smallest absolute Gasteiger partial charge is 0.275 e. The van der Waals surface area contributed by atoms with Crippen molar-refractivity contribution in [3.63, 3.8) is 0 Å². The number of hydrogen-bond donors (Lipinski definition) is 1. The molecule has 0 unspecified atom stereocenters. The highest BCUT2D eigenvalue weighted by molar-refractivity contribution is 6.02. The maximum absolute atomic E-state index is 12.5. The van der Waals surface area contributed by atoms with E-state index in [0.29, 0.717) is 5.69 Å². The van der Waals surface area contributed by atoms with Crippen LogP contribution in [0.2, 0.25) is 0 Å². The predicted octanol–water partition coefficient (Wildman–Crippen LogP) is 4.85. The van der Waals surface area contributed by atoms with Crippen molar-refractivity contribution in [2.75, 3.05) is 18.4 Å². The third kappa shape index (κ3) is 4.51. The fourth-order valence-corrected chi connectivity index (χ4v) is 3.51. The van der Waals surface area contributed by atoms with Gasteiger partial charge in [-0.2, -0.15) is 0 Å². The zero-order chi connectivity index (χ0) is 20.1. The fraction of sp³-hybridized carbons (Fsp3) is 0.208. The molecule has 0 bridgehead atoms. The van der Waals surface area contributed by atoms with E-state index in [9.17, 15) is 4.79 Å². The molecule has 5 nitrogen and oxygen atoms in total. The zero-order valence-corrected chi connectivity index (χ0v) is 16.3. The molecule has 4 rings (SSSR count). The molecule has 3 aromatic rings. The monoisotopic (exact) mass is 384 g/mol. The van der Waals surface area contributed by atoms with E-state index in [0.717, 1.165) is 35.6 Å². The van der Waals surface area contributed by atoms with Crippen LogP contribution in [0.5, 0.6) is 0 Å². The topological polar surface area (TPSA) is 58.1 Å². The Hall–Kier alpha value is -3.47. The Balaban J connectivity index is 1.49. The number of para-hydroxylation sites is 1. The first-order valence-electron chi connectivity index (χ1n) is 9.94. The third-order valence-corrected chi connectivity index (χ3v) is 5.15. The number of hydrogen-bond acceptors (Lipinski definition) is 4. The Labute approximate surface area is 171 Å². The number of carbonyl (C=O) groups excluding carboxylic acids is 1. The van der Waals surface area contributed by atoms with Crippen molar-refractivity contribution in [1.82, 2.24) is 14.9 Å². The molecule has 29 heavy (non-hydrogen) atoms. The average molecular weight is 384 g/mol. The summed E-state index contributed by atoms with van der Waals surface area (Å²) < 4.78 is 0. The van der Waals surface area contributed by atoms with E-state index in [4.69, 9.17) is 0 Å². The van der Waals surface area contributed by atoms with Crippen molar-refractivity contribution < 1.29 is 4.79 Å². The van der Waals surface area contributed by atoms with Gasteiger partial charge in [0, 0.05) is 30.0 Å². The van der Waals surface area contributed by atoms with Gasteiger partial charge in [-0.05, 0) is 37.0 Å². The van der Waals surface area contributed by atoms with Crippen molar-refractivity contribution >= 4 is 17.3 Å². The maximum Gasteiger partial charge on any atom is 0.275 e. The lowest BCUT2D eigenvalue weighted by Gasteiger charge is -2.30. The summed E-state index contributed by atoms with van der Waals surface area (Å²) >= 11 is 0. The minimum absolute atomic E-state index is 0.277. The van der Waals surface area contributed by atoms with E-state index in [1.165, 1.54) is 25.5 Å². The first-order chi connectivity index (χ1) is 14.2. The van der Waals surface area contributed by atoms with Crippen LogP contribution in [0.4, 0.5) is 5.69 Å². The summed E-state index contributed by atoms with van der Waals surface area (Å²) in [4.78, 5) is 23.5. The molecule has 0 radical (unpaired) electrons. The van der Waals surface area contributed by atoms with Gasteiger partial charge < -0.3 is 10.2 Å². The molecule has 146 valence electrons. The summed E-state index contributed by atoms with van der Waals surface area (Å²) in [7, 11) is 0. The van der Waals surface area contributed by atoms with Gasteiger partial charge in [-0.25, -0.2) is 4.98 Å². The van der Waals surface area contributed by atoms with Crippen LogP contribution >= 0.6 is 0 Å². The van der Waals surface area contributed by atoms with Gasteiger partial charge >= 0.3 is 0 Å². The Bertz CT molecular complexity index is 993. The van der Waals surface area contributed by atoms with Crippen LogP contribution in [0.1, 0.15) is 35.3 Å². The van der Waals surface area contributed by atoms with Crippen molar-refractivity contribution in [2.45, 2.75) is 19.3 Å². The Morgan fingerprint density at radius 2 is 1.66 bits per heavy atom. The average Bonchev–Trinajstić information content (AvgIpc) is 2.80. The molecule has 2 aromatic carbocycles. The molecule has 1 aromatic heterocycles. The molecular weight excluding hydrogens is 360 g/mol. The number of amides is 1. The number of aromatic nitrogens is 2. The van der Waals surface area contributed by atoms with Crippen molar-refractivity contribution in [3.8, 4) is 11.3 Å². The molecule has 1 saturated heterocycles. The molecular formula is C24H24N4O. The molecule has 1 amide bonds. The summed E-state index contributed by atoms with van der Waals surface area (Å²) in [6.07, 6.45) is 6.91. The van der Waals surface area contributed by atoms with Crippen LogP contribution in [0.25, 0.3) is 17.0 Å². The standard InChI is InChI=1S/C24H24N4O/c1-18(28-14-6-3-7-15-28)19-10-12-20(13-11-19)22-16-25-17-23(27-22)24(29)26-21-8-4-2-5-9-21/h2,4-5,8-13,16-17H,1,3,6-7,14-15H2,(H,26,29). The summed E-state index contributed by atoms with van der Waals surface area (Å²) in [6.45, 7) is 6.42. The number of piperidine rings is 1. The number of nitrogens with one attached hydrogen (secondary N) is 1. The summed E-state index contributed by atoms with van der Waals surface area (Å²) in [5.41, 5.74) is 4.78. The van der Waals surface area contributed by atoms with Crippen LogP contribution in [-0.4, -0.2) is 33.9 Å². The van der Waals surface area contributed by atoms with Crippen LogP contribution in [0.3, 0.4) is 0 Å². The number of anilines is 1. The molecule has 1 fully saturated rings. The largest absolute Gasteiger partial charge is 0.372 e. The second-order valence-electron chi connectivity index (χ2n) is 7.18. The Morgan fingerprint density at radius 3 is 2.38 bits per heavy atom. The summed E-state index contributed by atoms with van der Waals surface area (Å²) in [5, 5.41) is 2.84. The van der Waals surface area contributed by atoms with Gasteiger partial charge in [-0.3, -0.25) is 9.78 Å². The molecule has 0 aliphatic carbocycles. The lowest BCUT2D eigenvalue weighted by atomic mass is 10.0. The van der Waals surface area contributed by atoms with Gasteiger partial charge in [-0.1, -0.05) is 49.0 Å². The molecule has 0 spiro atoms. The third-order valence-electron chi connectivity index (χ3n) is 5.15. The normalized spacial score (nSPS) is 13.7. The van der Waals surface area contributed by atoms with Gasteiger partial charge in [0.2, 0.25) is 0 Å². The van der Waals surface area contributed by atoms with E-state index in [1.54, 1.807) is 6.20 Å². The lowest BCUT2D eigenvalue weighted by Crippen LogP contribution is -2.27. The van der Waals surface area contributed by atoms with Gasteiger partial charge in [0.1, 0.15) is 5.69 Å². The Kier molecular flexibility index (Phi) is 5.66. The van der Waals surface area contributed by atoms with Crippen molar-refractivity contribution in [3.05, 3.63) is 84.8 Å². The van der Waals surface area contributed by atoms with Crippen molar-refractivity contribution in [2.24, 2.45) is 0 Å². The number of nitrogens with zero attached hydrogens (tertiary/aromatic N) is 3. The van der Waals surface area contributed by atoms with Crippen molar-refractivity contribution in [1.29, 1.82) is 0 Å². The Morgan fingerprint density at radius 1 is 0.931 bits per heavy atom. The predicted molar refractivity (Wildman–Crippen MR) is 116 cm³/mol. The van der Waals surface area contributed by atoms with Crippen LogP contribution in [0.15, 0.2) is 73.6 Å². The maximum atomic E-state index is 12.5. The van der Waals surface area contributed by atoms with E-state index < -0.39 is 0 Å². The highest BCUT2D eigenvalue weighted by Crippen LogP contribution is 2.24. The lowest BCUT2D eigenvalue weighted by molar-refractivity contribution is 0.102. The second-order valence-corrected chi connectivity index (χ2v) is 7.18. The van der Waals surface area contributed by atoms with E-state index in [1.807, 2.05) is 42.5 Å². The molecule has 1 aliphatic rings. The first kappa shape index (κ1) is 18.9. The number of carbonyl (C=O) groups is 1. The molecule has 2 heterocycles.